The highest BCUT2D eigenvalue weighted by Crippen LogP contribution is 2.34. The zero-order valence-electron chi connectivity index (χ0n) is 9.62. The van der Waals surface area contributed by atoms with E-state index in [-0.39, 0.29) is 5.78 Å². The van der Waals surface area contributed by atoms with Crippen LogP contribution in [0.15, 0.2) is 24.3 Å². The average molecular weight is 224 g/mol. The Hall–Kier alpha value is -1.96. The number of ketones is 1. The zero-order chi connectivity index (χ0) is 12.0. The standard InChI is InChI=1S/C15H12O2/c1-9-10-4-2-3-5-11(10)15-12(13(9)8-16)6-7-14(15)17/h2-5,8H,6-7H2,1H3. The first-order valence-corrected chi connectivity index (χ1v) is 5.76. The molecule has 0 bridgehead atoms. The number of carbonyl (C=O) groups excluding carboxylic acids is 2. The first kappa shape index (κ1) is 10.2. The minimum absolute atomic E-state index is 0.166. The number of carbonyl (C=O) groups is 2. The molecule has 0 saturated heterocycles. The molecule has 0 aliphatic heterocycles. The summed E-state index contributed by atoms with van der Waals surface area (Å²) in [5.74, 6) is 0.166. The van der Waals surface area contributed by atoms with Crippen molar-refractivity contribution in [3.63, 3.8) is 0 Å². The van der Waals surface area contributed by atoms with Crippen LogP contribution in [0.5, 0.6) is 0 Å². The maximum atomic E-state index is 11.9. The van der Waals surface area contributed by atoms with E-state index in [0.29, 0.717) is 18.4 Å². The van der Waals surface area contributed by atoms with Gasteiger partial charge in [-0.1, -0.05) is 24.3 Å². The fraction of sp³-hybridized carbons (Fsp3) is 0.200. The van der Waals surface area contributed by atoms with Gasteiger partial charge in [-0.2, -0.15) is 0 Å². The summed E-state index contributed by atoms with van der Waals surface area (Å²) < 4.78 is 0. The van der Waals surface area contributed by atoms with Crippen molar-refractivity contribution >= 4 is 22.8 Å². The van der Waals surface area contributed by atoms with Crippen molar-refractivity contribution in [2.24, 2.45) is 0 Å². The minimum Gasteiger partial charge on any atom is -0.298 e. The minimum atomic E-state index is 0.166. The second kappa shape index (κ2) is 3.52. The predicted octanol–water partition coefficient (Wildman–Crippen LogP) is 3.09. The van der Waals surface area contributed by atoms with Crippen LogP contribution in [0.2, 0.25) is 0 Å². The summed E-state index contributed by atoms with van der Waals surface area (Å²) in [6.07, 6.45) is 2.12. The van der Waals surface area contributed by atoms with Gasteiger partial charge in [0, 0.05) is 17.5 Å². The van der Waals surface area contributed by atoms with E-state index in [1.54, 1.807) is 0 Å². The monoisotopic (exact) mass is 224 g/mol. The first-order valence-electron chi connectivity index (χ1n) is 5.76. The average Bonchev–Trinajstić information content (AvgIpc) is 2.73. The molecule has 3 rings (SSSR count). The number of Topliss-reactive ketones (excluding diaryl/α,β-unsaturated/α-hetero) is 1. The van der Waals surface area contributed by atoms with Crippen LogP contribution in [-0.4, -0.2) is 12.1 Å². The summed E-state index contributed by atoms with van der Waals surface area (Å²) in [4.78, 5) is 23.2. The lowest BCUT2D eigenvalue weighted by Crippen LogP contribution is -2.00. The smallest absolute Gasteiger partial charge is 0.164 e. The van der Waals surface area contributed by atoms with E-state index in [9.17, 15) is 9.59 Å². The van der Waals surface area contributed by atoms with Gasteiger partial charge in [-0.15, -0.1) is 0 Å². The zero-order valence-corrected chi connectivity index (χ0v) is 9.62. The van der Waals surface area contributed by atoms with Crippen molar-refractivity contribution in [2.75, 3.05) is 0 Å². The van der Waals surface area contributed by atoms with E-state index in [2.05, 4.69) is 0 Å². The highest BCUT2D eigenvalue weighted by atomic mass is 16.1. The largest absolute Gasteiger partial charge is 0.298 e. The second-order valence-electron chi connectivity index (χ2n) is 4.48. The van der Waals surface area contributed by atoms with Gasteiger partial charge < -0.3 is 0 Å². The van der Waals surface area contributed by atoms with Crippen LogP contribution < -0.4 is 0 Å². The number of benzene rings is 2. The lowest BCUT2D eigenvalue weighted by molar-refractivity contribution is 0.0995. The third kappa shape index (κ3) is 1.27. The van der Waals surface area contributed by atoms with Crippen LogP contribution in [0.25, 0.3) is 10.8 Å². The van der Waals surface area contributed by atoms with Crippen molar-refractivity contribution in [1.29, 1.82) is 0 Å². The van der Waals surface area contributed by atoms with Gasteiger partial charge in [0.15, 0.2) is 12.1 Å². The Morgan fingerprint density at radius 1 is 1.12 bits per heavy atom. The van der Waals surface area contributed by atoms with E-state index in [4.69, 9.17) is 0 Å². The lowest BCUT2D eigenvalue weighted by atomic mass is 9.91. The molecule has 84 valence electrons. The van der Waals surface area contributed by atoms with Gasteiger partial charge in [0.1, 0.15) is 0 Å². The molecule has 2 aromatic rings. The summed E-state index contributed by atoms with van der Waals surface area (Å²) >= 11 is 0. The van der Waals surface area contributed by atoms with Crippen LogP contribution in [0.1, 0.15) is 38.3 Å². The quantitative estimate of drug-likeness (QED) is 0.697. The molecule has 17 heavy (non-hydrogen) atoms. The maximum Gasteiger partial charge on any atom is 0.164 e. The molecule has 0 spiro atoms. The molecule has 0 saturated carbocycles. The third-order valence-corrected chi connectivity index (χ3v) is 3.63. The fourth-order valence-corrected chi connectivity index (χ4v) is 2.80. The van der Waals surface area contributed by atoms with Gasteiger partial charge in [-0.25, -0.2) is 0 Å². The molecule has 1 aliphatic carbocycles. The number of hydrogen-bond acceptors (Lipinski definition) is 2. The molecular weight excluding hydrogens is 212 g/mol. The number of fused-ring (bicyclic) bond motifs is 3. The number of rotatable bonds is 1. The van der Waals surface area contributed by atoms with Crippen molar-refractivity contribution in [1.82, 2.24) is 0 Å². The summed E-state index contributed by atoms with van der Waals surface area (Å²) in [7, 11) is 0. The molecule has 0 atom stereocenters. The van der Waals surface area contributed by atoms with Gasteiger partial charge >= 0.3 is 0 Å². The van der Waals surface area contributed by atoms with Gasteiger partial charge in [0.2, 0.25) is 0 Å². The van der Waals surface area contributed by atoms with Crippen molar-refractivity contribution in [3.8, 4) is 0 Å². The Labute approximate surface area is 99.3 Å². The van der Waals surface area contributed by atoms with Gasteiger partial charge in [0.25, 0.3) is 0 Å². The molecule has 0 aromatic heterocycles. The Bertz CT molecular complexity index is 654. The van der Waals surface area contributed by atoms with Gasteiger partial charge in [0.05, 0.1) is 0 Å². The fourth-order valence-electron chi connectivity index (χ4n) is 2.80. The van der Waals surface area contributed by atoms with Crippen LogP contribution in [0.4, 0.5) is 0 Å². The van der Waals surface area contributed by atoms with Crippen LogP contribution in [0.3, 0.4) is 0 Å². The van der Waals surface area contributed by atoms with E-state index >= 15 is 0 Å². The topological polar surface area (TPSA) is 34.1 Å². The molecule has 2 aromatic carbocycles. The number of aryl methyl sites for hydroxylation is 1. The summed E-state index contributed by atoms with van der Waals surface area (Å²) in [6.45, 7) is 1.95. The predicted molar refractivity (Wildman–Crippen MR) is 66.7 cm³/mol. The van der Waals surface area contributed by atoms with Crippen molar-refractivity contribution < 1.29 is 9.59 Å². The molecule has 0 radical (unpaired) electrons. The Kier molecular flexibility index (Phi) is 2.11. The van der Waals surface area contributed by atoms with E-state index in [0.717, 1.165) is 33.7 Å². The maximum absolute atomic E-state index is 11.9. The third-order valence-electron chi connectivity index (χ3n) is 3.63. The molecule has 0 fully saturated rings. The van der Waals surface area contributed by atoms with Gasteiger partial charge in [-0.3, -0.25) is 9.59 Å². The Balaban J connectivity index is 2.56. The van der Waals surface area contributed by atoms with Crippen LogP contribution in [0, 0.1) is 6.92 Å². The van der Waals surface area contributed by atoms with Crippen molar-refractivity contribution in [3.05, 3.63) is 46.5 Å². The van der Waals surface area contributed by atoms with Crippen LogP contribution in [-0.2, 0) is 6.42 Å². The molecule has 2 nitrogen and oxygen atoms in total. The Morgan fingerprint density at radius 2 is 1.82 bits per heavy atom. The molecule has 1 aliphatic rings. The Morgan fingerprint density at radius 3 is 2.53 bits per heavy atom. The van der Waals surface area contributed by atoms with E-state index < -0.39 is 0 Å². The number of aldehydes is 1. The SMILES string of the molecule is Cc1c(C=O)c2c(c3ccccc13)C(=O)CC2. The molecule has 0 amide bonds. The van der Waals surface area contributed by atoms with Crippen LogP contribution >= 0.6 is 0 Å². The highest BCUT2D eigenvalue weighted by molar-refractivity contribution is 6.14. The lowest BCUT2D eigenvalue weighted by Gasteiger charge is -2.11. The number of hydrogen-bond donors (Lipinski definition) is 0. The van der Waals surface area contributed by atoms with E-state index in [1.165, 1.54) is 0 Å². The molecule has 0 N–H and O–H groups in total. The normalized spacial score (nSPS) is 14.1. The second-order valence-corrected chi connectivity index (χ2v) is 4.48. The molecule has 0 unspecified atom stereocenters. The first-order chi connectivity index (χ1) is 8.24. The molecule has 0 heterocycles. The summed E-state index contributed by atoms with van der Waals surface area (Å²) in [5.41, 5.74) is 3.42. The highest BCUT2D eigenvalue weighted by Gasteiger charge is 2.26. The van der Waals surface area contributed by atoms with Gasteiger partial charge in [-0.05, 0) is 35.2 Å². The molecule has 2 heteroatoms. The summed E-state index contributed by atoms with van der Waals surface area (Å²) in [6, 6.07) is 7.83. The van der Waals surface area contributed by atoms with E-state index in [1.807, 2.05) is 31.2 Å². The van der Waals surface area contributed by atoms with Crippen molar-refractivity contribution in [2.45, 2.75) is 19.8 Å². The molecular formula is C15H12O2. The summed E-state index contributed by atoms with van der Waals surface area (Å²) in [5, 5.41) is 2.01.